The van der Waals surface area contributed by atoms with Crippen LogP contribution in [0.15, 0.2) is 42.6 Å². The van der Waals surface area contributed by atoms with Gasteiger partial charge in [-0.3, -0.25) is 4.79 Å². The van der Waals surface area contributed by atoms with E-state index in [-0.39, 0.29) is 36.1 Å². The number of carbonyl (C=O) groups is 2. The molecule has 0 aliphatic carbocycles. The first-order chi connectivity index (χ1) is 13.5. The molecule has 0 amide bonds. The number of rotatable bonds is 7. The Labute approximate surface area is 158 Å². The SMILES string of the molecule is CCOC(=O)c1cc(C(=O)C=C(O)c2nn[nH]n2)n(Cc2ccc(F)cc2)c1. The molecule has 2 heterocycles. The van der Waals surface area contributed by atoms with E-state index in [9.17, 15) is 19.1 Å². The van der Waals surface area contributed by atoms with E-state index >= 15 is 0 Å². The molecule has 0 fully saturated rings. The van der Waals surface area contributed by atoms with Crippen LogP contribution in [0.3, 0.4) is 0 Å². The minimum atomic E-state index is -0.583. The third-order valence-electron chi connectivity index (χ3n) is 3.77. The van der Waals surface area contributed by atoms with Crippen LogP contribution in [0.25, 0.3) is 5.76 Å². The highest BCUT2D eigenvalue weighted by Gasteiger charge is 2.19. The molecule has 28 heavy (non-hydrogen) atoms. The van der Waals surface area contributed by atoms with Crippen molar-refractivity contribution in [2.45, 2.75) is 13.5 Å². The molecule has 0 saturated heterocycles. The Bertz CT molecular complexity index is 1010. The molecule has 2 N–H and O–H groups in total. The van der Waals surface area contributed by atoms with E-state index in [0.717, 1.165) is 6.08 Å². The Morgan fingerprint density at radius 2 is 2.07 bits per heavy atom. The Morgan fingerprint density at radius 1 is 1.32 bits per heavy atom. The van der Waals surface area contributed by atoms with Crippen LogP contribution in [0.2, 0.25) is 0 Å². The standard InChI is InChI=1S/C18H16FN5O4/c1-2-28-18(27)12-7-14(15(25)8-16(26)17-20-22-23-21-17)24(10-12)9-11-3-5-13(19)6-4-11/h3-8,10,26H,2,9H2,1H3,(H,20,21,22,23). The summed E-state index contributed by atoms with van der Waals surface area (Å²) in [6.45, 7) is 2.06. The summed E-state index contributed by atoms with van der Waals surface area (Å²) >= 11 is 0. The highest BCUT2D eigenvalue weighted by molar-refractivity contribution is 6.08. The first kappa shape index (κ1) is 19.0. The van der Waals surface area contributed by atoms with Crippen LogP contribution in [0, 0.1) is 5.82 Å². The zero-order valence-corrected chi connectivity index (χ0v) is 14.8. The number of allylic oxidation sites excluding steroid dienone is 1. The van der Waals surface area contributed by atoms with Crippen LogP contribution in [0.1, 0.15) is 39.2 Å². The van der Waals surface area contributed by atoms with Crippen LogP contribution in [0.5, 0.6) is 0 Å². The second-order valence-corrected chi connectivity index (χ2v) is 5.72. The molecule has 0 bridgehead atoms. The Balaban J connectivity index is 1.95. The fraction of sp³-hybridized carbons (Fsp3) is 0.167. The first-order valence-corrected chi connectivity index (χ1v) is 8.28. The average molecular weight is 385 g/mol. The van der Waals surface area contributed by atoms with Gasteiger partial charge in [0.25, 0.3) is 0 Å². The number of nitrogens with zero attached hydrogens (tertiary/aromatic N) is 4. The van der Waals surface area contributed by atoms with E-state index in [4.69, 9.17) is 4.74 Å². The third-order valence-corrected chi connectivity index (χ3v) is 3.77. The molecule has 0 aliphatic rings. The number of tetrazole rings is 1. The predicted molar refractivity (Wildman–Crippen MR) is 95.0 cm³/mol. The number of hydrogen-bond donors (Lipinski definition) is 2. The molecule has 144 valence electrons. The zero-order chi connectivity index (χ0) is 20.1. The minimum absolute atomic E-state index is 0.127. The number of aliphatic hydroxyl groups excluding tert-OH is 1. The van der Waals surface area contributed by atoms with E-state index < -0.39 is 17.5 Å². The van der Waals surface area contributed by atoms with Crippen LogP contribution in [0.4, 0.5) is 4.39 Å². The van der Waals surface area contributed by atoms with E-state index in [1.165, 1.54) is 29.0 Å². The number of hydrogen-bond acceptors (Lipinski definition) is 7. The Morgan fingerprint density at radius 3 is 2.71 bits per heavy atom. The largest absolute Gasteiger partial charge is 0.504 e. The second-order valence-electron chi connectivity index (χ2n) is 5.72. The van der Waals surface area contributed by atoms with E-state index in [1.807, 2.05) is 0 Å². The van der Waals surface area contributed by atoms with Gasteiger partial charge in [0.1, 0.15) is 5.82 Å². The summed E-state index contributed by atoms with van der Waals surface area (Å²) in [5, 5.41) is 22.6. The van der Waals surface area contributed by atoms with Gasteiger partial charge >= 0.3 is 5.97 Å². The molecule has 0 spiro atoms. The molecule has 3 aromatic rings. The normalized spacial score (nSPS) is 11.4. The maximum Gasteiger partial charge on any atom is 0.339 e. The number of aromatic amines is 1. The molecule has 3 rings (SSSR count). The molecule has 1 aromatic carbocycles. The summed E-state index contributed by atoms with van der Waals surface area (Å²) in [7, 11) is 0. The number of H-pyrrole nitrogens is 1. The van der Waals surface area contributed by atoms with E-state index in [2.05, 4.69) is 20.6 Å². The van der Waals surface area contributed by atoms with Crippen molar-refractivity contribution in [2.75, 3.05) is 6.61 Å². The number of aromatic nitrogens is 5. The molecule has 0 unspecified atom stereocenters. The van der Waals surface area contributed by atoms with Gasteiger partial charge in [-0.1, -0.05) is 12.1 Å². The van der Waals surface area contributed by atoms with Crippen molar-refractivity contribution in [1.29, 1.82) is 0 Å². The number of esters is 1. The fourth-order valence-electron chi connectivity index (χ4n) is 2.49. The topological polar surface area (TPSA) is 123 Å². The van der Waals surface area contributed by atoms with Gasteiger partial charge in [0, 0.05) is 18.8 Å². The van der Waals surface area contributed by atoms with E-state index in [1.54, 1.807) is 19.1 Å². The maximum atomic E-state index is 13.1. The van der Waals surface area contributed by atoms with Crippen LogP contribution in [-0.4, -0.2) is 48.7 Å². The Kier molecular flexibility index (Phi) is 5.58. The van der Waals surface area contributed by atoms with Crippen LogP contribution in [-0.2, 0) is 11.3 Å². The van der Waals surface area contributed by atoms with Gasteiger partial charge in [0.2, 0.25) is 11.6 Å². The smallest absolute Gasteiger partial charge is 0.339 e. The molecule has 10 heteroatoms. The summed E-state index contributed by atoms with van der Waals surface area (Å²) in [5.41, 5.74) is 1.02. The van der Waals surface area contributed by atoms with Crippen molar-refractivity contribution in [3.63, 3.8) is 0 Å². The lowest BCUT2D eigenvalue weighted by Crippen LogP contribution is -2.08. The van der Waals surface area contributed by atoms with Gasteiger partial charge in [-0.05, 0) is 35.9 Å². The Hall–Kier alpha value is -3.82. The molecular weight excluding hydrogens is 369 g/mol. The molecule has 0 aliphatic heterocycles. The summed E-state index contributed by atoms with van der Waals surface area (Å²) in [4.78, 5) is 24.7. The molecule has 0 radical (unpaired) electrons. The molecule has 9 nitrogen and oxygen atoms in total. The van der Waals surface area contributed by atoms with Crippen LogP contribution < -0.4 is 0 Å². The van der Waals surface area contributed by atoms with Crippen molar-refractivity contribution in [2.24, 2.45) is 0 Å². The number of ether oxygens (including phenoxy) is 1. The maximum absolute atomic E-state index is 13.1. The number of aliphatic hydroxyl groups is 1. The zero-order valence-electron chi connectivity index (χ0n) is 14.8. The summed E-state index contributed by atoms with van der Waals surface area (Å²) in [6.07, 6.45) is 2.39. The van der Waals surface area contributed by atoms with Gasteiger partial charge in [-0.15, -0.1) is 10.2 Å². The van der Waals surface area contributed by atoms with E-state index in [0.29, 0.717) is 5.56 Å². The van der Waals surface area contributed by atoms with Gasteiger partial charge < -0.3 is 14.4 Å². The van der Waals surface area contributed by atoms with Crippen molar-refractivity contribution in [1.82, 2.24) is 25.2 Å². The summed E-state index contributed by atoms with van der Waals surface area (Å²) in [6, 6.07) is 7.10. The van der Waals surface area contributed by atoms with Crippen molar-refractivity contribution in [3.05, 3.63) is 71.1 Å². The lowest BCUT2D eigenvalue weighted by atomic mass is 10.2. The van der Waals surface area contributed by atoms with Crippen molar-refractivity contribution in [3.8, 4) is 0 Å². The summed E-state index contributed by atoms with van der Waals surface area (Å²) in [5.74, 6) is -2.17. The van der Waals surface area contributed by atoms with Gasteiger partial charge in [0.15, 0.2) is 5.76 Å². The first-order valence-electron chi connectivity index (χ1n) is 8.28. The van der Waals surface area contributed by atoms with Gasteiger partial charge in [0.05, 0.1) is 17.9 Å². The minimum Gasteiger partial charge on any atom is -0.504 e. The summed E-state index contributed by atoms with van der Waals surface area (Å²) < 4.78 is 19.6. The van der Waals surface area contributed by atoms with Gasteiger partial charge in [-0.2, -0.15) is 5.21 Å². The van der Waals surface area contributed by atoms with Crippen molar-refractivity contribution < 1.29 is 23.8 Å². The monoisotopic (exact) mass is 385 g/mol. The quantitative estimate of drug-likeness (QED) is 0.276. The number of halogens is 1. The number of ketones is 1. The second kappa shape index (κ2) is 8.25. The lowest BCUT2D eigenvalue weighted by Gasteiger charge is -2.07. The predicted octanol–water partition coefficient (Wildman–Crippen LogP) is 2.15. The number of benzene rings is 1. The van der Waals surface area contributed by atoms with Crippen LogP contribution >= 0.6 is 0 Å². The molecule has 0 saturated carbocycles. The molecule has 0 atom stereocenters. The lowest BCUT2D eigenvalue weighted by molar-refractivity contribution is 0.0526. The molecular formula is C18H16FN5O4. The van der Waals surface area contributed by atoms with Gasteiger partial charge in [-0.25, -0.2) is 9.18 Å². The number of nitrogens with one attached hydrogen (secondary N) is 1. The number of carbonyl (C=O) groups excluding carboxylic acids is 2. The third kappa shape index (κ3) is 4.29. The van der Waals surface area contributed by atoms with Crippen molar-refractivity contribution >= 4 is 17.5 Å². The average Bonchev–Trinajstić information content (AvgIpc) is 3.34. The fourth-order valence-corrected chi connectivity index (χ4v) is 2.49. The highest BCUT2D eigenvalue weighted by atomic mass is 19.1. The molecule has 2 aromatic heterocycles. The highest BCUT2D eigenvalue weighted by Crippen LogP contribution is 2.16.